The Kier molecular flexibility index (Phi) is 5.70. The first kappa shape index (κ1) is 18.5. The summed E-state index contributed by atoms with van der Waals surface area (Å²) in [4.78, 5) is 12.2. The zero-order valence-corrected chi connectivity index (χ0v) is 15.3. The highest BCUT2D eigenvalue weighted by Gasteiger charge is 2.10. The van der Waals surface area contributed by atoms with Crippen LogP contribution in [0.3, 0.4) is 0 Å². The molecule has 0 fully saturated rings. The van der Waals surface area contributed by atoms with E-state index in [1.807, 2.05) is 0 Å². The van der Waals surface area contributed by atoms with Gasteiger partial charge in [-0.1, -0.05) is 35.3 Å². The van der Waals surface area contributed by atoms with E-state index in [0.29, 0.717) is 21.3 Å². The summed E-state index contributed by atoms with van der Waals surface area (Å²) >= 11 is 12.1. The smallest absolute Gasteiger partial charge is 0.248 e. The average molecular weight is 384 g/mol. The first-order valence-corrected chi connectivity index (χ1v) is 9.57. The van der Waals surface area contributed by atoms with Gasteiger partial charge in [-0.15, -0.1) is 0 Å². The SMILES string of the molecule is Cc1ccc(S(C)(=O)=O)cc1NC(=O)/C=C/c1c(Cl)cccc1Cl. The second-order valence-corrected chi connectivity index (χ2v) is 8.04. The average Bonchev–Trinajstić information content (AvgIpc) is 2.48. The molecule has 1 N–H and O–H groups in total. The number of benzene rings is 2. The third kappa shape index (κ3) is 4.60. The number of sulfone groups is 1. The maximum Gasteiger partial charge on any atom is 0.248 e. The van der Waals surface area contributed by atoms with Gasteiger partial charge in [-0.05, 0) is 42.8 Å². The lowest BCUT2D eigenvalue weighted by molar-refractivity contribution is -0.111. The number of hydrogen-bond acceptors (Lipinski definition) is 3. The van der Waals surface area contributed by atoms with Gasteiger partial charge in [0.15, 0.2) is 9.84 Å². The second-order valence-electron chi connectivity index (χ2n) is 5.21. The molecule has 2 rings (SSSR count). The van der Waals surface area contributed by atoms with Crippen LogP contribution in [0.4, 0.5) is 5.69 Å². The maximum atomic E-state index is 12.1. The number of aryl methyl sites for hydroxylation is 1. The molecular weight excluding hydrogens is 369 g/mol. The fraction of sp³-hybridized carbons (Fsp3) is 0.118. The number of hydrogen-bond donors (Lipinski definition) is 1. The normalized spacial score (nSPS) is 11.7. The monoisotopic (exact) mass is 383 g/mol. The summed E-state index contributed by atoms with van der Waals surface area (Å²) in [7, 11) is -3.35. The molecule has 0 saturated carbocycles. The number of rotatable bonds is 4. The van der Waals surface area contributed by atoms with Crippen molar-refractivity contribution in [3.8, 4) is 0 Å². The van der Waals surface area contributed by atoms with Crippen molar-refractivity contribution in [3.05, 3.63) is 63.6 Å². The lowest BCUT2D eigenvalue weighted by Gasteiger charge is -2.08. The fourth-order valence-electron chi connectivity index (χ4n) is 1.97. The Bertz CT molecular complexity index is 901. The third-order valence-corrected chi connectivity index (χ3v) is 5.07. The van der Waals surface area contributed by atoms with Crippen LogP contribution in [0.15, 0.2) is 47.4 Å². The van der Waals surface area contributed by atoms with Crippen molar-refractivity contribution < 1.29 is 13.2 Å². The summed E-state index contributed by atoms with van der Waals surface area (Å²) in [6.07, 6.45) is 3.91. The van der Waals surface area contributed by atoms with E-state index in [1.165, 1.54) is 24.3 Å². The van der Waals surface area contributed by atoms with Crippen LogP contribution in [0, 0.1) is 6.92 Å². The van der Waals surface area contributed by atoms with Crippen LogP contribution in [0.25, 0.3) is 6.08 Å². The number of amides is 1. The molecular formula is C17H15Cl2NO3S. The molecule has 2 aromatic rings. The lowest BCUT2D eigenvalue weighted by atomic mass is 10.2. The minimum Gasteiger partial charge on any atom is -0.322 e. The third-order valence-electron chi connectivity index (χ3n) is 3.30. The van der Waals surface area contributed by atoms with Crippen molar-refractivity contribution in [2.75, 3.05) is 11.6 Å². The van der Waals surface area contributed by atoms with Crippen LogP contribution in [0.2, 0.25) is 10.0 Å². The zero-order chi connectivity index (χ0) is 17.9. The molecule has 1 amide bonds. The topological polar surface area (TPSA) is 63.2 Å². The first-order chi connectivity index (χ1) is 11.2. The quantitative estimate of drug-likeness (QED) is 0.797. The molecule has 0 radical (unpaired) electrons. The molecule has 4 nitrogen and oxygen atoms in total. The van der Waals surface area contributed by atoms with E-state index in [0.717, 1.165) is 11.8 Å². The van der Waals surface area contributed by atoms with Gasteiger partial charge in [0.05, 0.1) is 4.90 Å². The van der Waals surface area contributed by atoms with E-state index in [1.54, 1.807) is 31.2 Å². The molecule has 24 heavy (non-hydrogen) atoms. The van der Waals surface area contributed by atoms with Gasteiger partial charge in [-0.3, -0.25) is 4.79 Å². The van der Waals surface area contributed by atoms with E-state index in [-0.39, 0.29) is 4.90 Å². The van der Waals surface area contributed by atoms with Crippen LogP contribution in [-0.4, -0.2) is 20.6 Å². The molecule has 0 atom stereocenters. The van der Waals surface area contributed by atoms with Crippen molar-refractivity contribution in [2.24, 2.45) is 0 Å². The number of anilines is 1. The second kappa shape index (κ2) is 7.38. The molecule has 2 aromatic carbocycles. The van der Waals surface area contributed by atoms with Gasteiger partial charge >= 0.3 is 0 Å². The Morgan fingerprint density at radius 1 is 1.12 bits per heavy atom. The van der Waals surface area contributed by atoms with E-state index < -0.39 is 15.7 Å². The van der Waals surface area contributed by atoms with Gasteiger partial charge in [-0.25, -0.2) is 8.42 Å². The van der Waals surface area contributed by atoms with Gasteiger partial charge in [0, 0.05) is 33.6 Å². The van der Waals surface area contributed by atoms with Gasteiger partial charge < -0.3 is 5.32 Å². The molecule has 0 aliphatic heterocycles. The van der Waals surface area contributed by atoms with Crippen LogP contribution in [-0.2, 0) is 14.6 Å². The van der Waals surface area contributed by atoms with Crippen LogP contribution in [0.5, 0.6) is 0 Å². The Balaban J connectivity index is 2.23. The van der Waals surface area contributed by atoms with Crippen LogP contribution >= 0.6 is 23.2 Å². The van der Waals surface area contributed by atoms with Crippen molar-refractivity contribution in [3.63, 3.8) is 0 Å². The Labute approximate surface area is 151 Å². The molecule has 126 valence electrons. The zero-order valence-electron chi connectivity index (χ0n) is 13.0. The minimum atomic E-state index is -3.35. The van der Waals surface area contributed by atoms with E-state index in [4.69, 9.17) is 23.2 Å². The van der Waals surface area contributed by atoms with Crippen molar-refractivity contribution in [1.82, 2.24) is 0 Å². The summed E-state index contributed by atoms with van der Waals surface area (Å²) in [5.41, 5.74) is 1.72. The van der Waals surface area contributed by atoms with Gasteiger partial charge in [0.25, 0.3) is 0 Å². The van der Waals surface area contributed by atoms with Crippen LogP contribution in [0.1, 0.15) is 11.1 Å². The summed E-state index contributed by atoms with van der Waals surface area (Å²) < 4.78 is 23.2. The van der Waals surface area contributed by atoms with Crippen molar-refractivity contribution in [1.29, 1.82) is 0 Å². The maximum absolute atomic E-state index is 12.1. The predicted octanol–water partition coefficient (Wildman–Crippen LogP) is 4.36. The highest BCUT2D eigenvalue weighted by atomic mass is 35.5. The summed E-state index contributed by atoms with van der Waals surface area (Å²) in [6.45, 7) is 1.77. The Morgan fingerprint density at radius 3 is 2.33 bits per heavy atom. The number of carbonyl (C=O) groups excluding carboxylic acids is 1. The molecule has 0 saturated heterocycles. The molecule has 0 aliphatic carbocycles. The van der Waals surface area contributed by atoms with Gasteiger partial charge in [0.1, 0.15) is 0 Å². The van der Waals surface area contributed by atoms with E-state index in [2.05, 4.69) is 5.32 Å². The van der Waals surface area contributed by atoms with E-state index in [9.17, 15) is 13.2 Å². The molecule has 0 unspecified atom stereocenters. The van der Waals surface area contributed by atoms with Crippen molar-refractivity contribution >= 4 is 50.7 Å². The van der Waals surface area contributed by atoms with Crippen LogP contribution < -0.4 is 5.32 Å². The van der Waals surface area contributed by atoms with E-state index >= 15 is 0 Å². The summed E-state index contributed by atoms with van der Waals surface area (Å²) in [6, 6.07) is 9.62. The standard InChI is InChI=1S/C17H15Cl2NO3S/c1-11-6-7-12(24(2,22)23)10-16(11)20-17(21)9-8-13-14(18)4-3-5-15(13)19/h3-10H,1-2H3,(H,20,21)/b9-8+. The predicted molar refractivity (Wildman–Crippen MR) is 98.4 cm³/mol. The molecule has 0 aliphatic rings. The first-order valence-electron chi connectivity index (χ1n) is 6.92. The minimum absolute atomic E-state index is 0.140. The highest BCUT2D eigenvalue weighted by Crippen LogP contribution is 2.25. The number of halogens is 2. The lowest BCUT2D eigenvalue weighted by Crippen LogP contribution is -2.10. The fourth-order valence-corrected chi connectivity index (χ4v) is 3.14. The molecule has 7 heteroatoms. The molecule has 0 heterocycles. The van der Waals surface area contributed by atoms with Crippen molar-refractivity contribution in [2.45, 2.75) is 11.8 Å². The molecule has 0 aromatic heterocycles. The van der Waals surface area contributed by atoms with Gasteiger partial charge in [0.2, 0.25) is 5.91 Å². The summed E-state index contributed by atoms with van der Waals surface area (Å²) in [5, 5.41) is 3.52. The Hall–Kier alpha value is -1.82. The molecule has 0 bridgehead atoms. The summed E-state index contributed by atoms with van der Waals surface area (Å²) in [5.74, 6) is -0.417. The highest BCUT2D eigenvalue weighted by molar-refractivity contribution is 7.90. The molecule has 0 spiro atoms. The van der Waals surface area contributed by atoms with Gasteiger partial charge in [-0.2, -0.15) is 0 Å². The number of nitrogens with one attached hydrogen (secondary N) is 1. The number of carbonyl (C=O) groups is 1. The largest absolute Gasteiger partial charge is 0.322 e. The Morgan fingerprint density at radius 2 is 1.75 bits per heavy atom.